The average molecular weight is 267 g/mol. The lowest BCUT2D eigenvalue weighted by molar-refractivity contribution is -0.146. The molecule has 1 N–H and O–H groups in total. The summed E-state index contributed by atoms with van der Waals surface area (Å²) < 4.78 is 5.46. The second-order valence-electron chi connectivity index (χ2n) is 7.16. The predicted octanol–water partition coefficient (Wildman–Crippen LogP) is 2.25. The van der Waals surface area contributed by atoms with E-state index < -0.39 is 17.0 Å². The Hall–Kier alpha value is -1.26. The Bertz CT molecular complexity index is 441. The summed E-state index contributed by atoms with van der Waals surface area (Å²) in [5.41, 5.74) is -1.04. The highest BCUT2D eigenvalue weighted by molar-refractivity contribution is 5.80. The van der Waals surface area contributed by atoms with Crippen LogP contribution < -0.4 is 0 Å². The topological polar surface area (TPSA) is 66.8 Å². The Morgan fingerprint density at radius 1 is 1.26 bits per heavy atom. The number of hydrogen-bond acceptors (Lipinski definition) is 3. The molecule has 4 atom stereocenters. The number of nitrogens with zero attached hydrogens (tertiary/aromatic N) is 1. The smallest absolute Gasteiger partial charge is 0.410 e. The van der Waals surface area contributed by atoms with Crippen LogP contribution in [-0.2, 0) is 9.53 Å². The van der Waals surface area contributed by atoms with Gasteiger partial charge in [0.1, 0.15) is 5.60 Å². The highest BCUT2D eigenvalue weighted by atomic mass is 16.6. The van der Waals surface area contributed by atoms with Gasteiger partial charge in [0.05, 0.1) is 5.41 Å². The van der Waals surface area contributed by atoms with Crippen molar-refractivity contribution in [2.24, 2.45) is 11.3 Å². The Kier molecular flexibility index (Phi) is 2.45. The van der Waals surface area contributed by atoms with E-state index in [0.29, 0.717) is 6.42 Å². The number of carboxylic acids is 1. The maximum Gasteiger partial charge on any atom is 0.410 e. The molecule has 1 aliphatic carbocycles. The molecule has 3 rings (SSSR count). The second kappa shape index (κ2) is 3.64. The molecule has 0 spiro atoms. The molecule has 106 valence electrons. The molecule has 2 saturated heterocycles. The molecule has 2 bridgehead atoms. The molecule has 19 heavy (non-hydrogen) atoms. The monoisotopic (exact) mass is 267 g/mol. The van der Waals surface area contributed by atoms with Gasteiger partial charge in [-0.25, -0.2) is 4.79 Å². The normalized spacial score (nSPS) is 39.7. The van der Waals surface area contributed by atoms with Crippen molar-refractivity contribution in [2.45, 2.75) is 64.1 Å². The minimum atomic E-state index is -0.682. The zero-order valence-electron chi connectivity index (χ0n) is 11.7. The number of ether oxygens (including phenoxy) is 1. The fraction of sp³-hybridized carbons (Fsp3) is 0.857. The number of carboxylic acid groups (broad SMARTS) is 1. The average Bonchev–Trinajstić information content (AvgIpc) is 2.87. The molecule has 0 aromatic carbocycles. The lowest BCUT2D eigenvalue weighted by atomic mass is 9.90. The summed E-state index contributed by atoms with van der Waals surface area (Å²) in [4.78, 5) is 25.5. The maximum atomic E-state index is 12.3. The Morgan fingerprint density at radius 2 is 1.95 bits per heavy atom. The van der Waals surface area contributed by atoms with Crippen LogP contribution in [-0.4, -0.2) is 39.8 Å². The standard InChI is InChI=1S/C14H21NO4/c1-13(2,3)19-12(18)15-8-4-5-10(15)9-7-14(9,6-8)11(16)17/h8-10H,4-7H2,1-3H3,(H,16,17)/t8-,9+,10+,14-/m1/s1. The van der Waals surface area contributed by atoms with Gasteiger partial charge in [-0.15, -0.1) is 0 Å². The van der Waals surface area contributed by atoms with Crippen LogP contribution >= 0.6 is 0 Å². The summed E-state index contributed by atoms with van der Waals surface area (Å²) in [5, 5.41) is 9.38. The fourth-order valence-corrected chi connectivity index (χ4v) is 3.93. The molecule has 0 aromatic rings. The maximum absolute atomic E-state index is 12.3. The van der Waals surface area contributed by atoms with Gasteiger partial charge in [-0.2, -0.15) is 0 Å². The number of carbonyl (C=O) groups excluding carboxylic acids is 1. The summed E-state index contributed by atoms with van der Waals surface area (Å²) in [6.07, 6.45) is 2.89. The quantitative estimate of drug-likeness (QED) is 0.791. The summed E-state index contributed by atoms with van der Waals surface area (Å²) in [6.45, 7) is 5.57. The largest absolute Gasteiger partial charge is 0.481 e. The van der Waals surface area contributed by atoms with Crippen LogP contribution in [0.3, 0.4) is 0 Å². The Labute approximate surface area is 112 Å². The van der Waals surface area contributed by atoms with Crippen molar-refractivity contribution in [2.75, 3.05) is 0 Å². The van der Waals surface area contributed by atoms with Gasteiger partial charge in [0.25, 0.3) is 0 Å². The molecular weight excluding hydrogens is 246 g/mol. The van der Waals surface area contributed by atoms with Crippen molar-refractivity contribution in [3.63, 3.8) is 0 Å². The lowest BCUT2D eigenvalue weighted by Crippen LogP contribution is -2.50. The van der Waals surface area contributed by atoms with Crippen LogP contribution in [0.2, 0.25) is 0 Å². The van der Waals surface area contributed by atoms with Crippen molar-refractivity contribution in [1.29, 1.82) is 0 Å². The first kappa shape index (κ1) is 12.8. The lowest BCUT2D eigenvalue weighted by Gasteiger charge is -2.37. The van der Waals surface area contributed by atoms with Crippen LogP contribution in [0.5, 0.6) is 0 Å². The summed E-state index contributed by atoms with van der Waals surface area (Å²) in [5.74, 6) is -0.547. The van der Waals surface area contributed by atoms with Crippen molar-refractivity contribution >= 4 is 12.1 Å². The van der Waals surface area contributed by atoms with Crippen molar-refractivity contribution in [1.82, 2.24) is 4.90 Å². The number of rotatable bonds is 1. The van der Waals surface area contributed by atoms with E-state index in [0.717, 1.165) is 19.3 Å². The first-order chi connectivity index (χ1) is 8.74. The summed E-state index contributed by atoms with van der Waals surface area (Å²) >= 11 is 0. The number of fused-ring (bicyclic) bond motifs is 4. The SMILES string of the molecule is CC(C)(C)OC(=O)N1[C@@H]2CC[C@H]1[C@@H]1C[C@]1(C(=O)O)C2. The van der Waals surface area contributed by atoms with Gasteiger partial charge in [0.2, 0.25) is 0 Å². The molecule has 2 heterocycles. The third-order valence-electron chi connectivity index (χ3n) is 4.77. The van der Waals surface area contributed by atoms with E-state index in [9.17, 15) is 14.7 Å². The summed E-state index contributed by atoms with van der Waals surface area (Å²) in [6, 6.07) is 0.124. The first-order valence-corrected chi connectivity index (χ1v) is 6.99. The van der Waals surface area contributed by atoms with E-state index >= 15 is 0 Å². The van der Waals surface area contributed by atoms with Gasteiger partial charge in [0, 0.05) is 12.1 Å². The van der Waals surface area contributed by atoms with Crippen LogP contribution in [0.1, 0.15) is 46.5 Å². The van der Waals surface area contributed by atoms with Gasteiger partial charge < -0.3 is 14.7 Å². The predicted molar refractivity (Wildman–Crippen MR) is 67.7 cm³/mol. The molecule has 3 fully saturated rings. The zero-order valence-corrected chi connectivity index (χ0v) is 11.7. The fourth-order valence-electron chi connectivity index (χ4n) is 3.93. The van der Waals surface area contributed by atoms with Gasteiger partial charge >= 0.3 is 12.1 Å². The van der Waals surface area contributed by atoms with E-state index in [1.54, 1.807) is 0 Å². The highest BCUT2D eigenvalue weighted by Crippen LogP contribution is 2.65. The molecule has 1 saturated carbocycles. The molecule has 0 aromatic heterocycles. The van der Waals surface area contributed by atoms with E-state index in [4.69, 9.17) is 4.74 Å². The number of piperidine rings is 1. The van der Waals surface area contributed by atoms with Crippen molar-refractivity contribution in [3.8, 4) is 0 Å². The molecule has 5 heteroatoms. The van der Waals surface area contributed by atoms with Crippen LogP contribution in [0, 0.1) is 11.3 Å². The second-order valence-corrected chi connectivity index (χ2v) is 7.16. The molecular formula is C14H21NO4. The van der Waals surface area contributed by atoms with E-state index in [1.165, 1.54) is 0 Å². The van der Waals surface area contributed by atoms with Crippen molar-refractivity contribution < 1.29 is 19.4 Å². The van der Waals surface area contributed by atoms with E-state index in [-0.39, 0.29) is 24.1 Å². The van der Waals surface area contributed by atoms with Gasteiger partial charge in [0.15, 0.2) is 0 Å². The van der Waals surface area contributed by atoms with Crippen LogP contribution in [0.4, 0.5) is 4.79 Å². The molecule has 3 aliphatic rings. The number of hydrogen-bond donors (Lipinski definition) is 1. The van der Waals surface area contributed by atoms with E-state index in [2.05, 4.69) is 0 Å². The Morgan fingerprint density at radius 3 is 2.53 bits per heavy atom. The third-order valence-corrected chi connectivity index (χ3v) is 4.77. The third kappa shape index (κ3) is 1.82. The van der Waals surface area contributed by atoms with Gasteiger partial charge in [-0.05, 0) is 52.4 Å². The van der Waals surface area contributed by atoms with Crippen LogP contribution in [0.15, 0.2) is 0 Å². The Balaban J connectivity index is 1.77. The summed E-state index contributed by atoms with van der Waals surface area (Å²) in [7, 11) is 0. The van der Waals surface area contributed by atoms with Crippen LogP contribution in [0.25, 0.3) is 0 Å². The highest BCUT2D eigenvalue weighted by Gasteiger charge is 2.70. The van der Waals surface area contributed by atoms with Gasteiger partial charge in [-0.3, -0.25) is 4.79 Å². The molecule has 0 radical (unpaired) electrons. The zero-order chi connectivity index (χ0) is 14.0. The van der Waals surface area contributed by atoms with Crippen molar-refractivity contribution in [3.05, 3.63) is 0 Å². The number of carbonyl (C=O) groups is 2. The minimum absolute atomic E-state index is 0.0506. The van der Waals surface area contributed by atoms with Gasteiger partial charge in [-0.1, -0.05) is 0 Å². The first-order valence-electron chi connectivity index (χ1n) is 6.99. The molecule has 2 aliphatic heterocycles. The minimum Gasteiger partial charge on any atom is -0.481 e. The molecule has 0 unspecified atom stereocenters. The molecule has 1 amide bonds. The number of aliphatic carboxylic acids is 1. The molecule has 5 nitrogen and oxygen atoms in total. The van der Waals surface area contributed by atoms with E-state index in [1.807, 2.05) is 25.7 Å². The number of amides is 1.